The average Bonchev–Trinajstić information content (AvgIpc) is 2.53. The second-order valence-electron chi connectivity index (χ2n) is 7.35. The van der Waals surface area contributed by atoms with Gasteiger partial charge >= 0.3 is 0 Å². The minimum absolute atomic E-state index is 0.0232. The Morgan fingerprint density at radius 3 is 2.74 bits per heavy atom. The maximum absolute atomic E-state index is 11.0. The standard InChI is InChI=1S/C19H27ClN2O5/c1-12(22-13(2)23)7-25-16-5-14(6-16)10-27-19-18(20)17(3-4-21-19)26-11-15-8-24-9-15/h3-4,12,14-16H,5-11H2,1-2H3,(H,22,23)/t12-,14-,16-/m0/s1. The highest BCUT2D eigenvalue weighted by atomic mass is 35.5. The number of rotatable bonds is 10. The van der Waals surface area contributed by atoms with Crippen molar-refractivity contribution in [1.29, 1.82) is 0 Å². The van der Waals surface area contributed by atoms with Gasteiger partial charge in [0, 0.05) is 31.1 Å². The highest BCUT2D eigenvalue weighted by molar-refractivity contribution is 6.33. The highest BCUT2D eigenvalue weighted by Gasteiger charge is 2.31. The van der Waals surface area contributed by atoms with Crippen LogP contribution in [0.2, 0.25) is 5.02 Å². The number of ether oxygens (including phenoxy) is 4. The van der Waals surface area contributed by atoms with Gasteiger partial charge in [-0.2, -0.15) is 0 Å². The molecule has 1 aliphatic carbocycles. The van der Waals surface area contributed by atoms with Crippen LogP contribution in [-0.4, -0.2) is 56.1 Å². The summed E-state index contributed by atoms with van der Waals surface area (Å²) in [5.41, 5.74) is 0. The van der Waals surface area contributed by atoms with Gasteiger partial charge in [0.15, 0.2) is 0 Å². The van der Waals surface area contributed by atoms with E-state index >= 15 is 0 Å². The molecule has 1 aromatic heterocycles. The number of nitrogens with one attached hydrogen (secondary N) is 1. The minimum atomic E-state index is -0.0393. The van der Waals surface area contributed by atoms with Crippen LogP contribution in [0.3, 0.4) is 0 Å². The predicted molar refractivity (Wildman–Crippen MR) is 100 cm³/mol. The Balaban J connectivity index is 1.35. The monoisotopic (exact) mass is 398 g/mol. The molecule has 0 spiro atoms. The molecule has 1 amide bonds. The summed E-state index contributed by atoms with van der Waals surface area (Å²) < 4.78 is 22.5. The van der Waals surface area contributed by atoms with Gasteiger partial charge in [-0.3, -0.25) is 4.79 Å². The van der Waals surface area contributed by atoms with E-state index in [1.54, 1.807) is 12.3 Å². The number of halogens is 1. The third-order valence-electron chi connectivity index (χ3n) is 4.68. The van der Waals surface area contributed by atoms with Gasteiger partial charge in [-0.15, -0.1) is 0 Å². The molecule has 0 unspecified atom stereocenters. The van der Waals surface area contributed by atoms with E-state index in [0.29, 0.717) is 48.3 Å². The van der Waals surface area contributed by atoms with Crippen LogP contribution >= 0.6 is 11.6 Å². The first-order chi connectivity index (χ1) is 13.0. The molecule has 2 fully saturated rings. The molecule has 1 saturated heterocycles. The van der Waals surface area contributed by atoms with Gasteiger partial charge in [-0.1, -0.05) is 11.6 Å². The molecule has 8 heteroatoms. The van der Waals surface area contributed by atoms with Crippen LogP contribution in [0.15, 0.2) is 12.3 Å². The summed E-state index contributed by atoms with van der Waals surface area (Å²) in [4.78, 5) is 15.2. The van der Waals surface area contributed by atoms with Gasteiger partial charge in [-0.25, -0.2) is 4.98 Å². The lowest BCUT2D eigenvalue weighted by Gasteiger charge is -2.35. The molecule has 150 valence electrons. The fourth-order valence-corrected chi connectivity index (χ4v) is 3.24. The van der Waals surface area contributed by atoms with Gasteiger partial charge in [0.25, 0.3) is 0 Å². The number of pyridine rings is 1. The minimum Gasteiger partial charge on any atom is -0.491 e. The van der Waals surface area contributed by atoms with Gasteiger partial charge in [-0.05, 0) is 25.7 Å². The average molecular weight is 399 g/mol. The Labute approximate surface area is 164 Å². The van der Waals surface area contributed by atoms with Gasteiger partial charge in [0.1, 0.15) is 10.8 Å². The van der Waals surface area contributed by atoms with Crippen LogP contribution in [0.1, 0.15) is 26.7 Å². The Hall–Kier alpha value is -1.57. The highest BCUT2D eigenvalue weighted by Crippen LogP contribution is 2.35. The number of hydrogen-bond donors (Lipinski definition) is 1. The fraction of sp³-hybridized carbons (Fsp3) is 0.684. The topological polar surface area (TPSA) is 78.9 Å². The molecule has 1 saturated carbocycles. The van der Waals surface area contributed by atoms with E-state index in [-0.39, 0.29) is 18.1 Å². The second-order valence-corrected chi connectivity index (χ2v) is 7.73. The van der Waals surface area contributed by atoms with Crippen molar-refractivity contribution in [2.24, 2.45) is 11.8 Å². The number of carbonyl (C=O) groups excluding carboxylic acids is 1. The number of carbonyl (C=O) groups is 1. The Morgan fingerprint density at radius 1 is 1.33 bits per heavy atom. The zero-order chi connectivity index (χ0) is 19.2. The first kappa shape index (κ1) is 20.2. The van der Waals surface area contributed by atoms with Crippen molar-refractivity contribution in [3.8, 4) is 11.6 Å². The van der Waals surface area contributed by atoms with Crippen molar-refractivity contribution in [3.05, 3.63) is 17.3 Å². The van der Waals surface area contributed by atoms with Crippen molar-refractivity contribution >= 4 is 17.5 Å². The smallest absolute Gasteiger partial charge is 0.236 e. The molecule has 0 bridgehead atoms. The first-order valence-corrected chi connectivity index (χ1v) is 9.75. The van der Waals surface area contributed by atoms with E-state index in [9.17, 15) is 4.79 Å². The fourth-order valence-electron chi connectivity index (χ4n) is 3.02. The molecule has 7 nitrogen and oxygen atoms in total. The summed E-state index contributed by atoms with van der Waals surface area (Å²) in [5.74, 6) is 1.81. The summed E-state index contributed by atoms with van der Waals surface area (Å²) in [7, 11) is 0. The molecule has 0 aromatic carbocycles. The predicted octanol–water partition coefficient (Wildman–Crippen LogP) is 2.46. The Morgan fingerprint density at radius 2 is 2.07 bits per heavy atom. The molecule has 1 aromatic rings. The number of nitrogens with zero attached hydrogens (tertiary/aromatic N) is 1. The van der Waals surface area contributed by atoms with Crippen molar-refractivity contribution in [1.82, 2.24) is 10.3 Å². The molecule has 2 heterocycles. The zero-order valence-electron chi connectivity index (χ0n) is 15.8. The molecule has 1 aliphatic heterocycles. The van der Waals surface area contributed by atoms with E-state index in [4.69, 9.17) is 30.5 Å². The van der Waals surface area contributed by atoms with Crippen LogP contribution in [0.5, 0.6) is 11.6 Å². The van der Waals surface area contributed by atoms with Crippen LogP contribution in [0, 0.1) is 11.8 Å². The number of aromatic nitrogens is 1. The largest absolute Gasteiger partial charge is 0.491 e. The van der Waals surface area contributed by atoms with E-state index in [1.807, 2.05) is 6.92 Å². The summed E-state index contributed by atoms with van der Waals surface area (Å²) >= 11 is 6.35. The van der Waals surface area contributed by atoms with E-state index in [0.717, 1.165) is 26.1 Å². The zero-order valence-corrected chi connectivity index (χ0v) is 16.5. The SMILES string of the molecule is CC(=O)N[C@@H](C)CO[C@H]1C[C@H](COc2nccc(OCC3COC3)c2Cl)C1. The van der Waals surface area contributed by atoms with E-state index in [1.165, 1.54) is 6.92 Å². The third-order valence-corrected chi connectivity index (χ3v) is 5.03. The molecule has 1 atom stereocenters. The Kier molecular flexibility index (Phi) is 7.15. The van der Waals surface area contributed by atoms with Gasteiger partial charge < -0.3 is 24.3 Å². The Bertz CT molecular complexity index is 635. The molecule has 3 rings (SSSR count). The first-order valence-electron chi connectivity index (χ1n) is 9.37. The quantitative estimate of drug-likeness (QED) is 0.652. The van der Waals surface area contributed by atoms with Crippen molar-refractivity contribution < 1.29 is 23.7 Å². The molecule has 2 aliphatic rings. The maximum Gasteiger partial charge on any atom is 0.236 e. The van der Waals surface area contributed by atoms with Crippen LogP contribution < -0.4 is 14.8 Å². The van der Waals surface area contributed by atoms with E-state index in [2.05, 4.69) is 10.3 Å². The third kappa shape index (κ3) is 5.96. The molecular weight excluding hydrogens is 372 g/mol. The summed E-state index contributed by atoms with van der Waals surface area (Å²) in [6.45, 7) is 6.57. The molecule has 0 radical (unpaired) electrons. The second kappa shape index (κ2) is 9.57. The lowest BCUT2D eigenvalue weighted by Crippen LogP contribution is -2.40. The lowest BCUT2D eigenvalue weighted by molar-refractivity contribution is -0.120. The van der Waals surface area contributed by atoms with Crippen molar-refractivity contribution in [3.63, 3.8) is 0 Å². The van der Waals surface area contributed by atoms with Crippen LogP contribution in [0.25, 0.3) is 0 Å². The van der Waals surface area contributed by atoms with E-state index < -0.39 is 0 Å². The van der Waals surface area contributed by atoms with Crippen molar-refractivity contribution in [2.45, 2.75) is 38.8 Å². The van der Waals surface area contributed by atoms with Crippen LogP contribution in [-0.2, 0) is 14.3 Å². The number of hydrogen-bond acceptors (Lipinski definition) is 6. The van der Waals surface area contributed by atoms with Gasteiger partial charge in [0.05, 0.1) is 39.1 Å². The lowest BCUT2D eigenvalue weighted by atomic mass is 9.83. The van der Waals surface area contributed by atoms with Crippen molar-refractivity contribution in [2.75, 3.05) is 33.0 Å². The number of amides is 1. The summed E-state index contributed by atoms with van der Waals surface area (Å²) in [6.07, 6.45) is 3.73. The molecular formula is C19H27ClN2O5. The molecule has 1 N–H and O–H groups in total. The summed E-state index contributed by atoms with van der Waals surface area (Å²) in [5, 5.41) is 3.22. The molecule has 27 heavy (non-hydrogen) atoms. The van der Waals surface area contributed by atoms with Crippen LogP contribution in [0.4, 0.5) is 0 Å². The normalized spacial score (nSPS) is 23.1. The maximum atomic E-state index is 11.0. The van der Waals surface area contributed by atoms with Gasteiger partial charge in [0.2, 0.25) is 11.8 Å². The summed E-state index contributed by atoms with van der Waals surface area (Å²) in [6, 6.07) is 1.77.